The van der Waals surface area contributed by atoms with Gasteiger partial charge in [0, 0.05) is 12.7 Å². The van der Waals surface area contributed by atoms with E-state index in [9.17, 15) is 0 Å². The van der Waals surface area contributed by atoms with Gasteiger partial charge in [-0.25, -0.2) is 4.98 Å². The van der Waals surface area contributed by atoms with E-state index in [1.165, 1.54) is 11.1 Å². The van der Waals surface area contributed by atoms with E-state index in [2.05, 4.69) is 76.1 Å². The molecule has 0 spiro atoms. The van der Waals surface area contributed by atoms with Gasteiger partial charge in [0.1, 0.15) is 5.82 Å². The highest BCUT2D eigenvalue weighted by Gasteiger charge is 2.09. The zero-order chi connectivity index (χ0) is 17.3. The molecular weight excluding hydrogens is 308 g/mol. The first-order valence-corrected chi connectivity index (χ1v) is 8.77. The van der Waals surface area contributed by atoms with Crippen molar-refractivity contribution in [3.8, 4) is 0 Å². The lowest BCUT2D eigenvalue weighted by Crippen LogP contribution is -2.13. The molecule has 0 radical (unpaired) electrons. The molecule has 0 aliphatic heterocycles. The van der Waals surface area contributed by atoms with Crippen molar-refractivity contribution in [3.05, 3.63) is 84.1 Å². The molecule has 3 aromatic rings. The molecule has 2 aromatic carbocycles. The van der Waals surface area contributed by atoms with Crippen LogP contribution in [0.5, 0.6) is 0 Å². The van der Waals surface area contributed by atoms with Crippen molar-refractivity contribution >= 4 is 11.8 Å². The second-order valence-electron chi connectivity index (χ2n) is 5.94. The first-order valence-electron chi connectivity index (χ1n) is 8.77. The monoisotopic (exact) mass is 332 g/mol. The number of benzene rings is 2. The summed E-state index contributed by atoms with van der Waals surface area (Å²) in [5, 5.41) is 6.80. The summed E-state index contributed by atoms with van der Waals surface area (Å²) < 4.78 is 0. The Morgan fingerprint density at radius 2 is 1.64 bits per heavy atom. The Bertz CT molecular complexity index is 759. The minimum Gasteiger partial charge on any atom is -0.363 e. The van der Waals surface area contributed by atoms with E-state index in [4.69, 9.17) is 0 Å². The molecule has 0 unspecified atom stereocenters. The number of aromatic nitrogens is 2. The molecule has 0 saturated carbocycles. The molecule has 0 saturated heterocycles. The van der Waals surface area contributed by atoms with Crippen LogP contribution in [0, 0.1) is 0 Å². The summed E-state index contributed by atoms with van der Waals surface area (Å²) >= 11 is 0. The van der Waals surface area contributed by atoms with Gasteiger partial charge < -0.3 is 10.6 Å². The highest BCUT2D eigenvalue weighted by Crippen LogP contribution is 2.21. The molecule has 0 aliphatic rings. The Morgan fingerprint density at radius 3 is 2.36 bits per heavy atom. The Balaban J connectivity index is 1.59. The van der Waals surface area contributed by atoms with E-state index in [-0.39, 0.29) is 6.04 Å². The average Bonchev–Trinajstić information content (AvgIpc) is 2.68. The Hall–Kier alpha value is -2.88. The summed E-state index contributed by atoms with van der Waals surface area (Å²) in [6.45, 7) is 2.98. The summed E-state index contributed by atoms with van der Waals surface area (Å²) in [4.78, 5) is 8.90. The summed E-state index contributed by atoms with van der Waals surface area (Å²) in [6, 6.07) is 23.0. The third kappa shape index (κ3) is 5.05. The lowest BCUT2D eigenvalue weighted by Gasteiger charge is -2.18. The van der Waals surface area contributed by atoms with Crippen LogP contribution in [-0.2, 0) is 6.42 Å². The van der Waals surface area contributed by atoms with Crippen LogP contribution in [0.3, 0.4) is 0 Å². The lowest BCUT2D eigenvalue weighted by atomic mass is 10.0. The molecule has 0 fully saturated rings. The summed E-state index contributed by atoms with van der Waals surface area (Å²) in [7, 11) is 0. The summed E-state index contributed by atoms with van der Waals surface area (Å²) in [5.41, 5.74) is 2.57. The van der Waals surface area contributed by atoms with Crippen LogP contribution in [0.4, 0.5) is 11.8 Å². The van der Waals surface area contributed by atoms with Gasteiger partial charge in [0.15, 0.2) is 0 Å². The number of nitrogens with one attached hydrogen (secondary N) is 2. The third-order valence-electron chi connectivity index (χ3n) is 4.13. The molecule has 0 amide bonds. The summed E-state index contributed by atoms with van der Waals surface area (Å²) in [6.07, 6.45) is 3.73. The molecule has 0 aliphatic carbocycles. The maximum atomic E-state index is 4.58. The van der Waals surface area contributed by atoms with Crippen LogP contribution in [0.2, 0.25) is 0 Å². The molecular formula is C21H24N4. The van der Waals surface area contributed by atoms with Crippen LogP contribution in [-0.4, -0.2) is 16.5 Å². The molecule has 3 rings (SSSR count). The maximum absolute atomic E-state index is 4.58. The number of nitrogens with zero attached hydrogens (tertiary/aromatic N) is 2. The van der Waals surface area contributed by atoms with Crippen LogP contribution in [0.1, 0.15) is 30.5 Å². The van der Waals surface area contributed by atoms with Crippen LogP contribution >= 0.6 is 0 Å². The van der Waals surface area contributed by atoms with Crippen molar-refractivity contribution in [2.75, 3.05) is 17.2 Å². The second kappa shape index (κ2) is 8.83. The number of hydrogen-bond acceptors (Lipinski definition) is 4. The minimum atomic E-state index is 0.244. The fraction of sp³-hybridized carbons (Fsp3) is 0.238. The molecule has 1 heterocycles. The van der Waals surface area contributed by atoms with Crippen LogP contribution in [0.25, 0.3) is 0 Å². The zero-order valence-corrected chi connectivity index (χ0v) is 14.5. The number of hydrogen-bond donors (Lipinski definition) is 2. The SMILES string of the molecule is CC[C@H](Nc1ccnc(NCCc2ccccc2)n1)c1ccccc1. The van der Waals surface area contributed by atoms with E-state index in [0.29, 0.717) is 5.95 Å². The van der Waals surface area contributed by atoms with Gasteiger partial charge >= 0.3 is 0 Å². The van der Waals surface area contributed by atoms with E-state index in [1.807, 2.05) is 18.2 Å². The molecule has 4 nitrogen and oxygen atoms in total. The van der Waals surface area contributed by atoms with E-state index < -0.39 is 0 Å². The predicted octanol–water partition coefficient (Wildman–Crippen LogP) is 4.69. The Morgan fingerprint density at radius 1 is 0.920 bits per heavy atom. The quantitative estimate of drug-likeness (QED) is 0.628. The van der Waals surface area contributed by atoms with Gasteiger partial charge in [-0.1, -0.05) is 67.6 Å². The van der Waals surface area contributed by atoms with Gasteiger partial charge in [0.2, 0.25) is 5.95 Å². The van der Waals surface area contributed by atoms with Crippen molar-refractivity contribution in [2.24, 2.45) is 0 Å². The fourth-order valence-electron chi connectivity index (χ4n) is 2.77. The van der Waals surface area contributed by atoms with Gasteiger partial charge in [-0.05, 0) is 30.0 Å². The highest BCUT2D eigenvalue weighted by atomic mass is 15.1. The number of rotatable bonds is 8. The van der Waals surface area contributed by atoms with Gasteiger partial charge in [0.05, 0.1) is 6.04 Å². The topological polar surface area (TPSA) is 49.8 Å². The molecule has 25 heavy (non-hydrogen) atoms. The maximum Gasteiger partial charge on any atom is 0.224 e. The molecule has 2 N–H and O–H groups in total. The van der Waals surface area contributed by atoms with Crippen molar-refractivity contribution in [3.63, 3.8) is 0 Å². The largest absolute Gasteiger partial charge is 0.363 e. The third-order valence-corrected chi connectivity index (χ3v) is 4.13. The fourth-order valence-corrected chi connectivity index (χ4v) is 2.77. The van der Waals surface area contributed by atoms with Gasteiger partial charge in [0.25, 0.3) is 0 Å². The highest BCUT2D eigenvalue weighted by molar-refractivity contribution is 5.42. The van der Waals surface area contributed by atoms with Crippen molar-refractivity contribution in [1.82, 2.24) is 9.97 Å². The van der Waals surface area contributed by atoms with E-state index >= 15 is 0 Å². The van der Waals surface area contributed by atoms with Gasteiger partial charge in [-0.3, -0.25) is 0 Å². The van der Waals surface area contributed by atoms with Crippen molar-refractivity contribution < 1.29 is 0 Å². The molecule has 1 aromatic heterocycles. The molecule has 0 bridgehead atoms. The van der Waals surface area contributed by atoms with Crippen LogP contribution < -0.4 is 10.6 Å². The predicted molar refractivity (Wildman–Crippen MR) is 104 cm³/mol. The number of anilines is 2. The normalized spacial score (nSPS) is 11.7. The minimum absolute atomic E-state index is 0.244. The average molecular weight is 332 g/mol. The molecule has 4 heteroatoms. The van der Waals surface area contributed by atoms with Crippen LogP contribution in [0.15, 0.2) is 72.9 Å². The van der Waals surface area contributed by atoms with E-state index in [0.717, 1.165) is 25.2 Å². The summed E-state index contributed by atoms with van der Waals surface area (Å²) in [5.74, 6) is 1.50. The second-order valence-corrected chi connectivity index (χ2v) is 5.94. The lowest BCUT2D eigenvalue weighted by molar-refractivity contribution is 0.744. The van der Waals surface area contributed by atoms with Gasteiger partial charge in [-0.2, -0.15) is 4.98 Å². The zero-order valence-electron chi connectivity index (χ0n) is 14.5. The molecule has 1 atom stereocenters. The van der Waals surface area contributed by atoms with Gasteiger partial charge in [-0.15, -0.1) is 0 Å². The van der Waals surface area contributed by atoms with E-state index in [1.54, 1.807) is 6.20 Å². The Labute approximate surface area is 149 Å². The van der Waals surface area contributed by atoms with Crippen molar-refractivity contribution in [1.29, 1.82) is 0 Å². The first-order chi connectivity index (χ1) is 12.3. The first kappa shape index (κ1) is 17.0. The molecule has 128 valence electrons. The smallest absolute Gasteiger partial charge is 0.224 e. The van der Waals surface area contributed by atoms with Crippen molar-refractivity contribution in [2.45, 2.75) is 25.8 Å². The Kier molecular flexibility index (Phi) is 5.99. The standard InChI is InChI=1S/C21H24N4/c1-2-19(18-11-7-4-8-12-18)24-20-14-16-23-21(25-20)22-15-13-17-9-5-3-6-10-17/h3-12,14,16,19H,2,13,15H2,1H3,(H2,22,23,24,25)/t19-/m0/s1.